The summed E-state index contributed by atoms with van der Waals surface area (Å²) in [4.78, 5) is 11.3. The topological polar surface area (TPSA) is 26.3 Å². The van der Waals surface area contributed by atoms with Crippen LogP contribution < -0.4 is 0 Å². The van der Waals surface area contributed by atoms with Crippen molar-refractivity contribution in [3.8, 4) is 0 Å². The average Bonchev–Trinajstić information content (AvgIpc) is 1.94. The number of Topliss-reactive ketones (excluding diaryl/α,β-unsaturated/α-hetero) is 1. The highest BCUT2D eigenvalue weighted by Crippen LogP contribution is 2.18. The van der Waals surface area contributed by atoms with Crippen molar-refractivity contribution in [1.82, 2.24) is 0 Å². The highest BCUT2D eigenvalue weighted by Gasteiger charge is 2.19. The van der Waals surface area contributed by atoms with Crippen molar-refractivity contribution in [3.05, 3.63) is 0 Å². The quantitative estimate of drug-likeness (QED) is 0.682. The molecule has 0 aliphatic carbocycles. The standard InChI is InChI=1S/C12H24O2/c1-9(2)11(10(3)13)7-8-14-12(4,5)6/h9,11H,7-8H2,1-6H3. The van der Waals surface area contributed by atoms with Gasteiger partial charge in [-0.3, -0.25) is 4.79 Å². The van der Waals surface area contributed by atoms with Gasteiger partial charge in [-0.15, -0.1) is 0 Å². The minimum absolute atomic E-state index is 0.0989. The summed E-state index contributed by atoms with van der Waals surface area (Å²) in [5.41, 5.74) is -0.0989. The van der Waals surface area contributed by atoms with Crippen molar-refractivity contribution in [2.75, 3.05) is 6.61 Å². The van der Waals surface area contributed by atoms with Gasteiger partial charge in [0.15, 0.2) is 0 Å². The normalized spacial score (nSPS) is 14.5. The number of rotatable bonds is 5. The summed E-state index contributed by atoms with van der Waals surface area (Å²) in [6, 6.07) is 0. The molecular weight excluding hydrogens is 176 g/mol. The molecule has 0 aliphatic heterocycles. The molecule has 0 heterocycles. The molecule has 0 saturated carbocycles. The Morgan fingerprint density at radius 2 is 1.79 bits per heavy atom. The molecule has 0 saturated heterocycles. The predicted molar refractivity (Wildman–Crippen MR) is 59.3 cm³/mol. The lowest BCUT2D eigenvalue weighted by Crippen LogP contribution is -2.24. The number of ketones is 1. The number of carbonyl (C=O) groups is 1. The first-order valence-corrected chi connectivity index (χ1v) is 5.38. The van der Waals surface area contributed by atoms with Gasteiger partial charge in [0.1, 0.15) is 5.78 Å². The lowest BCUT2D eigenvalue weighted by atomic mass is 9.89. The fourth-order valence-corrected chi connectivity index (χ4v) is 1.50. The zero-order valence-electron chi connectivity index (χ0n) is 10.4. The molecule has 0 bridgehead atoms. The van der Waals surface area contributed by atoms with Crippen molar-refractivity contribution in [2.24, 2.45) is 11.8 Å². The van der Waals surface area contributed by atoms with Gasteiger partial charge in [-0.05, 0) is 40.0 Å². The van der Waals surface area contributed by atoms with Crippen LogP contribution in [0.15, 0.2) is 0 Å². The molecule has 14 heavy (non-hydrogen) atoms. The van der Waals surface area contributed by atoms with Crippen molar-refractivity contribution in [2.45, 2.75) is 53.6 Å². The first-order valence-electron chi connectivity index (χ1n) is 5.38. The average molecular weight is 200 g/mol. The maximum atomic E-state index is 11.3. The molecule has 2 heteroatoms. The van der Waals surface area contributed by atoms with E-state index in [9.17, 15) is 4.79 Å². The minimum Gasteiger partial charge on any atom is -0.376 e. The second-order valence-electron chi connectivity index (χ2n) is 5.21. The van der Waals surface area contributed by atoms with Crippen molar-refractivity contribution in [3.63, 3.8) is 0 Å². The van der Waals surface area contributed by atoms with E-state index in [4.69, 9.17) is 4.74 Å². The molecule has 0 rings (SSSR count). The van der Waals surface area contributed by atoms with Gasteiger partial charge < -0.3 is 4.74 Å². The number of hydrogen-bond acceptors (Lipinski definition) is 2. The summed E-state index contributed by atoms with van der Waals surface area (Å²) >= 11 is 0. The monoisotopic (exact) mass is 200 g/mol. The van der Waals surface area contributed by atoms with Crippen molar-refractivity contribution in [1.29, 1.82) is 0 Å². The number of carbonyl (C=O) groups excluding carboxylic acids is 1. The van der Waals surface area contributed by atoms with Gasteiger partial charge in [-0.1, -0.05) is 13.8 Å². The Balaban J connectivity index is 3.90. The van der Waals surface area contributed by atoms with E-state index in [1.54, 1.807) is 6.92 Å². The fraction of sp³-hybridized carbons (Fsp3) is 0.917. The minimum atomic E-state index is -0.0989. The maximum absolute atomic E-state index is 11.3. The van der Waals surface area contributed by atoms with Crippen LogP contribution in [0.4, 0.5) is 0 Å². The third kappa shape index (κ3) is 6.14. The zero-order chi connectivity index (χ0) is 11.4. The van der Waals surface area contributed by atoms with E-state index in [0.717, 1.165) is 6.42 Å². The summed E-state index contributed by atoms with van der Waals surface area (Å²) in [6.07, 6.45) is 0.838. The molecule has 1 atom stereocenters. The Bertz CT molecular complexity index is 177. The molecule has 0 spiro atoms. The van der Waals surface area contributed by atoms with Gasteiger partial charge in [0.25, 0.3) is 0 Å². The predicted octanol–water partition coefficient (Wildman–Crippen LogP) is 3.05. The molecule has 0 aromatic rings. The first kappa shape index (κ1) is 13.6. The van der Waals surface area contributed by atoms with Gasteiger partial charge >= 0.3 is 0 Å². The smallest absolute Gasteiger partial charge is 0.133 e. The van der Waals surface area contributed by atoms with Gasteiger partial charge in [0.2, 0.25) is 0 Å². The Hall–Kier alpha value is -0.370. The van der Waals surface area contributed by atoms with Crippen LogP contribution in [0.3, 0.4) is 0 Å². The van der Waals surface area contributed by atoms with E-state index < -0.39 is 0 Å². The second-order valence-corrected chi connectivity index (χ2v) is 5.21. The van der Waals surface area contributed by atoms with Crippen molar-refractivity contribution < 1.29 is 9.53 Å². The first-order chi connectivity index (χ1) is 6.24. The third-order valence-corrected chi connectivity index (χ3v) is 2.29. The molecule has 0 aromatic heterocycles. The summed E-state index contributed by atoms with van der Waals surface area (Å²) in [7, 11) is 0. The van der Waals surface area contributed by atoms with Gasteiger partial charge in [-0.25, -0.2) is 0 Å². The van der Waals surface area contributed by atoms with E-state index >= 15 is 0 Å². The van der Waals surface area contributed by atoms with E-state index in [1.165, 1.54) is 0 Å². The largest absolute Gasteiger partial charge is 0.376 e. The molecule has 0 fully saturated rings. The Morgan fingerprint density at radius 1 is 1.29 bits per heavy atom. The Morgan fingerprint density at radius 3 is 2.07 bits per heavy atom. The van der Waals surface area contributed by atoms with E-state index in [2.05, 4.69) is 13.8 Å². The summed E-state index contributed by atoms with van der Waals surface area (Å²) in [6.45, 7) is 12.6. The van der Waals surface area contributed by atoms with Crippen LogP contribution >= 0.6 is 0 Å². The summed E-state index contributed by atoms with van der Waals surface area (Å²) in [5.74, 6) is 0.839. The maximum Gasteiger partial charge on any atom is 0.133 e. The summed E-state index contributed by atoms with van der Waals surface area (Å²) in [5, 5.41) is 0. The van der Waals surface area contributed by atoms with Crippen LogP contribution in [0.1, 0.15) is 48.0 Å². The molecule has 0 N–H and O–H groups in total. The molecule has 0 amide bonds. The number of hydrogen-bond donors (Lipinski definition) is 0. The van der Waals surface area contributed by atoms with Crippen LogP contribution in [0, 0.1) is 11.8 Å². The van der Waals surface area contributed by atoms with Gasteiger partial charge in [0, 0.05) is 12.5 Å². The Kier molecular flexibility index (Phi) is 5.35. The van der Waals surface area contributed by atoms with E-state index in [0.29, 0.717) is 12.5 Å². The fourth-order valence-electron chi connectivity index (χ4n) is 1.50. The van der Waals surface area contributed by atoms with Crippen LogP contribution in [-0.2, 0) is 9.53 Å². The third-order valence-electron chi connectivity index (χ3n) is 2.29. The van der Waals surface area contributed by atoms with Crippen molar-refractivity contribution >= 4 is 5.78 Å². The molecule has 2 nitrogen and oxygen atoms in total. The molecular formula is C12H24O2. The second kappa shape index (κ2) is 5.50. The van der Waals surface area contributed by atoms with Gasteiger partial charge in [-0.2, -0.15) is 0 Å². The molecule has 0 radical (unpaired) electrons. The highest BCUT2D eigenvalue weighted by atomic mass is 16.5. The van der Waals surface area contributed by atoms with E-state index in [-0.39, 0.29) is 17.3 Å². The lowest BCUT2D eigenvalue weighted by molar-refractivity contribution is -0.123. The number of ether oxygens (including phenoxy) is 1. The van der Waals surface area contributed by atoms with E-state index in [1.807, 2.05) is 20.8 Å². The van der Waals surface area contributed by atoms with Crippen LogP contribution in [0.5, 0.6) is 0 Å². The molecule has 0 aliphatic rings. The van der Waals surface area contributed by atoms with Crippen LogP contribution in [-0.4, -0.2) is 18.0 Å². The van der Waals surface area contributed by atoms with Gasteiger partial charge in [0.05, 0.1) is 5.60 Å². The summed E-state index contributed by atoms with van der Waals surface area (Å²) < 4.78 is 5.61. The zero-order valence-corrected chi connectivity index (χ0v) is 10.4. The molecule has 1 unspecified atom stereocenters. The highest BCUT2D eigenvalue weighted by molar-refractivity contribution is 5.78. The lowest BCUT2D eigenvalue weighted by Gasteiger charge is -2.23. The SMILES string of the molecule is CC(=O)C(CCOC(C)(C)C)C(C)C. The van der Waals surface area contributed by atoms with Crippen LogP contribution in [0.25, 0.3) is 0 Å². The molecule has 84 valence electrons. The Labute approximate surface area is 88.0 Å². The molecule has 0 aromatic carbocycles. The van der Waals surface area contributed by atoms with Crippen LogP contribution in [0.2, 0.25) is 0 Å².